The number of ether oxygens (including phenoxy) is 1. The molecule has 0 unspecified atom stereocenters. The smallest absolute Gasteiger partial charge is 0.332 e. The second-order valence-electron chi connectivity index (χ2n) is 4.56. The van der Waals surface area contributed by atoms with E-state index in [1.807, 2.05) is 0 Å². The third-order valence-electron chi connectivity index (χ3n) is 3.18. The van der Waals surface area contributed by atoms with Gasteiger partial charge in [0.2, 0.25) is 0 Å². The van der Waals surface area contributed by atoms with Gasteiger partial charge in [-0.25, -0.2) is 9.78 Å². The van der Waals surface area contributed by atoms with Gasteiger partial charge in [0.15, 0.2) is 0 Å². The summed E-state index contributed by atoms with van der Waals surface area (Å²) in [6.07, 6.45) is 1.23. The van der Waals surface area contributed by atoms with Crippen LogP contribution in [0.5, 0.6) is 0 Å². The van der Waals surface area contributed by atoms with E-state index >= 15 is 0 Å². The summed E-state index contributed by atoms with van der Waals surface area (Å²) in [5, 5.41) is 2.48. The van der Waals surface area contributed by atoms with Crippen molar-refractivity contribution in [2.75, 3.05) is 13.7 Å². The molecule has 9 nitrogen and oxygen atoms in total. The first-order valence-electron chi connectivity index (χ1n) is 6.27. The van der Waals surface area contributed by atoms with E-state index in [-0.39, 0.29) is 23.1 Å². The summed E-state index contributed by atoms with van der Waals surface area (Å²) in [7, 11) is 4.03. The molecule has 0 aliphatic heterocycles. The molecular formula is C13H14N4O5. The maximum atomic E-state index is 12.1. The molecule has 22 heavy (non-hydrogen) atoms. The molecule has 0 saturated heterocycles. The number of esters is 1. The first kappa shape index (κ1) is 15.4. The van der Waals surface area contributed by atoms with E-state index in [2.05, 4.69) is 15.0 Å². The van der Waals surface area contributed by atoms with Crippen molar-refractivity contribution in [2.45, 2.75) is 0 Å². The average molecular weight is 306 g/mol. The number of carbonyl (C=O) groups is 2. The zero-order valence-electron chi connectivity index (χ0n) is 12.2. The van der Waals surface area contributed by atoms with E-state index < -0.39 is 23.1 Å². The van der Waals surface area contributed by atoms with Crippen LogP contribution in [0.1, 0.15) is 10.4 Å². The molecule has 1 N–H and O–H groups in total. The highest BCUT2D eigenvalue weighted by Gasteiger charge is 2.14. The Morgan fingerprint density at radius 3 is 2.59 bits per heavy atom. The number of nitrogens with zero attached hydrogens (tertiary/aromatic N) is 3. The highest BCUT2D eigenvalue weighted by atomic mass is 16.5. The molecule has 0 fully saturated rings. The Morgan fingerprint density at radius 1 is 1.27 bits per heavy atom. The lowest BCUT2D eigenvalue weighted by atomic mass is 10.2. The number of amides is 1. The predicted molar refractivity (Wildman–Crippen MR) is 76.6 cm³/mol. The van der Waals surface area contributed by atoms with Crippen molar-refractivity contribution >= 4 is 22.9 Å². The van der Waals surface area contributed by atoms with Crippen LogP contribution in [0.4, 0.5) is 0 Å². The largest absolute Gasteiger partial charge is 0.468 e. The molecule has 2 aromatic rings. The Bertz CT molecular complexity index is 880. The normalized spacial score (nSPS) is 10.5. The van der Waals surface area contributed by atoms with Gasteiger partial charge in [0.1, 0.15) is 12.2 Å². The molecule has 0 aromatic carbocycles. The molecular weight excluding hydrogens is 292 g/mol. The van der Waals surface area contributed by atoms with Crippen molar-refractivity contribution in [1.82, 2.24) is 19.4 Å². The van der Waals surface area contributed by atoms with E-state index in [0.29, 0.717) is 0 Å². The van der Waals surface area contributed by atoms with E-state index in [9.17, 15) is 19.2 Å². The molecule has 0 spiro atoms. The fourth-order valence-electron chi connectivity index (χ4n) is 1.92. The fraction of sp³-hybridized carbons (Fsp3) is 0.308. The van der Waals surface area contributed by atoms with Crippen LogP contribution in [0.15, 0.2) is 21.9 Å². The molecule has 0 atom stereocenters. The number of hydrogen-bond donors (Lipinski definition) is 1. The topological polar surface area (TPSA) is 112 Å². The average Bonchev–Trinajstić information content (AvgIpc) is 2.54. The van der Waals surface area contributed by atoms with Crippen LogP contribution in [0, 0.1) is 0 Å². The summed E-state index contributed by atoms with van der Waals surface area (Å²) in [5.41, 5.74) is -0.772. The number of aryl methyl sites for hydroxylation is 1. The minimum atomic E-state index is -0.597. The van der Waals surface area contributed by atoms with Crippen LogP contribution in [0.2, 0.25) is 0 Å². The zero-order valence-corrected chi connectivity index (χ0v) is 12.2. The Kier molecular flexibility index (Phi) is 4.06. The number of fused-ring (bicyclic) bond motifs is 1. The van der Waals surface area contributed by atoms with Crippen LogP contribution >= 0.6 is 0 Å². The molecule has 2 heterocycles. The van der Waals surface area contributed by atoms with E-state index in [0.717, 1.165) is 4.57 Å². The van der Waals surface area contributed by atoms with Crippen molar-refractivity contribution in [1.29, 1.82) is 0 Å². The maximum Gasteiger partial charge on any atom is 0.332 e. The zero-order chi connectivity index (χ0) is 16.4. The number of pyridine rings is 1. The van der Waals surface area contributed by atoms with E-state index in [4.69, 9.17) is 0 Å². The number of aromatic nitrogens is 3. The van der Waals surface area contributed by atoms with Gasteiger partial charge >= 0.3 is 11.7 Å². The van der Waals surface area contributed by atoms with Gasteiger partial charge < -0.3 is 10.1 Å². The highest BCUT2D eigenvalue weighted by molar-refractivity contribution is 5.98. The molecule has 1 amide bonds. The summed E-state index contributed by atoms with van der Waals surface area (Å²) in [4.78, 5) is 50.8. The minimum Gasteiger partial charge on any atom is -0.468 e. The first-order valence-corrected chi connectivity index (χ1v) is 6.27. The van der Waals surface area contributed by atoms with Crippen molar-refractivity contribution in [2.24, 2.45) is 14.1 Å². The van der Waals surface area contributed by atoms with Crippen LogP contribution in [0.3, 0.4) is 0 Å². The quantitative estimate of drug-likeness (QED) is 0.693. The SMILES string of the molecule is COC(=O)CNC(=O)c1cnc2c(c1)c(=O)n(C)c(=O)n2C. The predicted octanol–water partition coefficient (Wildman–Crippen LogP) is -1.46. The Morgan fingerprint density at radius 2 is 1.95 bits per heavy atom. The number of rotatable bonds is 3. The van der Waals surface area contributed by atoms with Gasteiger partial charge in [0.05, 0.1) is 18.1 Å². The number of nitrogens with one attached hydrogen (secondary N) is 1. The van der Waals surface area contributed by atoms with Crippen molar-refractivity contribution in [3.8, 4) is 0 Å². The highest BCUT2D eigenvalue weighted by Crippen LogP contribution is 2.07. The summed E-state index contributed by atoms with van der Waals surface area (Å²) in [5.74, 6) is -1.17. The van der Waals surface area contributed by atoms with Crippen molar-refractivity contribution in [3.05, 3.63) is 38.7 Å². The molecule has 9 heteroatoms. The Labute approximate surface area is 124 Å². The minimum absolute atomic E-state index is 0.104. The van der Waals surface area contributed by atoms with Gasteiger partial charge in [0, 0.05) is 20.3 Å². The van der Waals surface area contributed by atoms with Gasteiger partial charge in [-0.15, -0.1) is 0 Å². The van der Waals surface area contributed by atoms with Gasteiger partial charge in [-0.05, 0) is 6.07 Å². The number of hydrogen-bond acceptors (Lipinski definition) is 6. The molecule has 0 aliphatic carbocycles. The summed E-state index contributed by atoms with van der Waals surface area (Å²) >= 11 is 0. The summed E-state index contributed by atoms with van der Waals surface area (Å²) in [6.45, 7) is -0.293. The number of methoxy groups -OCH3 is 1. The molecule has 0 radical (unpaired) electrons. The molecule has 0 aliphatic rings. The third kappa shape index (κ3) is 2.60. The Balaban J connectivity index is 2.47. The monoisotopic (exact) mass is 306 g/mol. The number of carbonyl (C=O) groups excluding carboxylic acids is 2. The lowest BCUT2D eigenvalue weighted by Gasteiger charge is -2.08. The van der Waals surface area contributed by atoms with Gasteiger partial charge in [-0.2, -0.15) is 0 Å². The van der Waals surface area contributed by atoms with Crippen molar-refractivity contribution in [3.63, 3.8) is 0 Å². The van der Waals surface area contributed by atoms with Crippen LogP contribution < -0.4 is 16.6 Å². The lowest BCUT2D eigenvalue weighted by molar-refractivity contribution is -0.139. The Hall–Kier alpha value is -2.97. The molecule has 2 rings (SSSR count). The van der Waals surface area contributed by atoms with Gasteiger partial charge in [-0.1, -0.05) is 0 Å². The maximum absolute atomic E-state index is 12.1. The first-order chi connectivity index (χ1) is 10.4. The molecule has 0 bridgehead atoms. The fourth-order valence-corrected chi connectivity index (χ4v) is 1.92. The van der Waals surface area contributed by atoms with Crippen LogP contribution in [0.25, 0.3) is 11.0 Å². The van der Waals surface area contributed by atoms with Crippen LogP contribution in [-0.2, 0) is 23.6 Å². The van der Waals surface area contributed by atoms with Gasteiger partial charge in [0.25, 0.3) is 11.5 Å². The molecule has 2 aromatic heterocycles. The van der Waals surface area contributed by atoms with Crippen molar-refractivity contribution < 1.29 is 14.3 Å². The second kappa shape index (κ2) is 5.80. The second-order valence-corrected chi connectivity index (χ2v) is 4.56. The lowest BCUT2D eigenvalue weighted by Crippen LogP contribution is -2.37. The summed E-state index contributed by atoms with van der Waals surface area (Å²) < 4.78 is 6.56. The third-order valence-corrected chi connectivity index (χ3v) is 3.18. The van der Waals surface area contributed by atoms with E-state index in [1.54, 1.807) is 0 Å². The molecule has 0 saturated carbocycles. The molecule has 116 valence electrons. The van der Waals surface area contributed by atoms with Gasteiger partial charge in [-0.3, -0.25) is 23.5 Å². The standard InChI is InChI=1S/C13H14N4O5/c1-16-10-8(12(20)17(2)13(16)21)4-7(5-14-10)11(19)15-6-9(18)22-3/h4-5H,6H2,1-3H3,(H,15,19). The van der Waals surface area contributed by atoms with E-state index in [1.165, 1.54) is 38.0 Å². The summed E-state index contributed by atoms with van der Waals surface area (Å²) in [6, 6.07) is 1.33. The van der Waals surface area contributed by atoms with Crippen LogP contribution in [-0.4, -0.2) is 39.6 Å².